The molecule has 2 atom stereocenters. The molecule has 2 aliphatic rings. The van der Waals surface area contributed by atoms with Crippen molar-refractivity contribution in [3.8, 4) is 0 Å². The van der Waals surface area contributed by atoms with Crippen LogP contribution in [0.4, 0.5) is 0 Å². The Morgan fingerprint density at radius 2 is 1.43 bits per heavy atom. The summed E-state index contributed by atoms with van der Waals surface area (Å²) in [5.41, 5.74) is -0.671. The van der Waals surface area contributed by atoms with Gasteiger partial charge < -0.3 is 0 Å². The van der Waals surface area contributed by atoms with Crippen LogP contribution in [-0.4, -0.2) is 15.4 Å². The highest BCUT2D eigenvalue weighted by atomic mass is 16.6. The Morgan fingerprint density at radius 1 is 0.786 bits per heavy atom. The zero-order chi connectivity index (χ0) is 20.2. The van der Waals surface area contributed by atoms with Gasteiger partial charge in [-0.2, -0.15) is 0 Å². The number of allylic oxidation sites excluding steroid dienone is 4. The second kappa shape index (κ2) is 12.0. The minimum absolute atomic E-state index is 0.000582. The van der Waals surface area contributed by atoms with Gasteiger partial charge in [-0.05, 0) is 70.3 Å². The van der Waals surface area contributed by atoms with E-state index in [0.717, 1.165) is 70.6 Å². The van der Waals surface area contributed by atoms with Gasteiger partial charge in [0.2, 0.25) is 11.2 Å². The van der Waals surface area contributed by atoms with E-state index in [0.29, 0.717) is 32.1 Å². The van der Waals surface area contributed by atoms with E-state index in [-0.39, 0.29) is 21.5 Å². The predicted octanol–water partition coefficient (Wildman–Crippen LogP) is 6.60. The smallest absolute Gasteiger partial charge is 0.242 e. The van der Waals surface area contributed by atoms with Gasteiger partial charge in [-0.1, -0.05) is 31.4 Å². The fraction of sp³-hybridized carbons (Fsp3) is 0.818. The summed E-state index contributed by atoms with van der Waals surface area (Å²) in [5, 5.41) is 23.7. The van der Waals surface area contributed by atoms with Crippen molar-refractivity contribution in [2.75, 3.05) is 0 Å². The highest BCUT2D eigenvalue weighted by molar-refractivity contribution is 4.95. The lowest BCUT2D eigenvalue weighted by molar-refractivity contribution is -0.585. The normalized spacial score (nSPS) is 29.0. The SMILES string of the molecule is O=[N+]([O-])C1=CCCCCCC(C2CCCC=CCCCCC2)([N+](=O)[O-])CCC1. The Labute approximate surface area is 168 Å². The molecule has 2 rings (SSSR count). The fourth-order valence-corrected chi connectivity index (χ4v) is 4.96. The number of rotatable bonds is 3. The molecule has 0 N–H and O–H groups in total. The molecule has 0 bridgehead atoms. The third kappa shape index (κ3) is 6.71. The van der Waals surface area contributed by atoms with E-state index >= 15 is 0 Å². The molecule has 0 heterocycles. The Morgan fingerprint density at radius 3 is 2.18 bits per heavy atom. The summed E-state index contributed by atoms with van der Waals surface area (Å²) >= 11 is 0. The van der Waals surface area contributed by atoms with Gasteiger partial charge >= 0.3 is 0 Å². The van der Waals surface area contributed by atoms with Crippen LogP contribution in [0.2, 0.25) is 0 Å². The van der Waals surface area contributed by atoms with Crippen LogP contribution in [0.3, 0.4) is 0 Å². The van der Waals surface area contributed by atoms with Crippen LogP contribution in [0, 0.1) is 26.1 Å². The Bertz CT molecular complexity index is 573. The molecule has 2 aliphatic carbocycles. The summed E-state index contributed by atoms with van der Waals surface area (Å²) in [6.45, 7) is 0. The minimum atomic E-state index is -0.913. The maximum Gasteiger partial charge on any atom is 0.242 e. The van der Waals surface area contributed by atoms with Gasteiger partial charge in [-0.3, -0.25) is 20.2 Å². The third-order valence-corrected chi connectivity index (χ3v) is 6.61. The van der Waals surface area contributed by atoms with Gasteiger partial charge in [0.1, 0.15) is 0 Å². The van der Waals surface area contributed by atoms with Crippen molar-refractivity contribution in [1.29, 1.82) is 0 Å². The van der Waals surface area contributed by atoms with Gasteiger partial charge in [0.25, 0.3) is 0 Å². The van der Waals surface area contributed by atoms with Crippen molar-refractivity contribution in [2.24, 2.45) is 5.92 Å². The first-order chi connectivity index (χ1) is 13.6. The van der Waals surface area contributed by atoms with E-state index in [2.05, 4.69) is 12.2 Å². The first-order valence-corrected chi connectivity index (χ1v) is 11.2. The lowest BCUT2D eigenvalue weighted by Gasteiger charge is -2.34. The molecule has 2 unspecified atom stereocenters. The molecule has 0 aromatic rings. The van der Waals surface area contributed by atoms with E-state index in [9.17, 15) is 20.2 Å². The molecule has 28 heavy (non-hydrogen) atoms. The van der Waals surface area contributed by atoms with Crippen LogP contribution in [-0.2, 0) is 0 Å². The van der Waals surface area contributed by atoms with Gasteiger partial charge in [-0.25, -0.2) is 0 Å². The Balaban J connectivity index is 2.20. The summed E-state index contributed by atoms with van der Waals surface area (Å²) in [6, 6.07) is 0. The van der Waals surface area contributed by atoms with E-state index in [4.69, 9.17) is 0 Å². The first-order valence-electron chi connectivity index (χ1n) is 11.2. The van der Waals surface area contributed by atoms with Crippen LogP contribution in [0.1, 0.15) is 103 Å². The molecule has 0 saturated carbocycles. The zero-order valence-electron chi connectivity index (χ0n) is 17.2. The molecule has 6 heteroatoms. The Hall–Kier alpha value is -1.72. The average Bonchev–Trinajstić information content (AvgIpc) is 2.76. The lowest BCUT2D eigenvalue weighted by Crippen LogP contribution is -2.46. The van der Waals surface area contributed by atoms with Crippen LogP contribution < -0.4 is 0 Å². The summed E-state index contributed by atoms with van der Waals surface area (Å²) in [6.07, 6.45) is 19.8. The standard InChI is InChI=1S/C22H36N2O4/c25-23(26)21-16-11-7-8-12-18-22(24(27)28,19-13-17-21)20-14-9-5-3-1-2-4-6-10-15-20/h1,3,16,20H,2,4-15,17-19H2. The molecule has 0 aromatic heterocycles. The second-order valence-corrected chi connectivity index (χ2v) is 8.50. The second-order valence-electron chi connectivity index (χ2n) is 8.50. The number of hydrogen-bond donors (Lipinski definition) is 0. The van der Waals surface area contributed by atoms with Crippen molar-refractivity contribution in [2.45, 2.75) is 108 Å². The van der Waals surface area contributed by atoms with E-state index in [1.807, 2.05) is 0 Å². The number of nitro groups is 2. The van der Waals surface area contributed by atoms with Crippen molar-refractivity contribution < 1.29 is 9.85 Å². The zero-order valence-corrected chi connectivity index (χ0v) is 17.2. The van der Waals surface area contributed by atoms with Crippen molar-refractivity contribution >= 4 is 0 Å². The van der Waals surface area contributed by atoms with Crippen LogP contribution >= 0.6 is 0 Å². The number of hydrogen-bond acceptors (Lipinski definition) is 4. The molecule has 0 saturated heterocycles. The van der Waals surface area contributed by atoms with Crippen LogP contribution in [0.25, 0.3) is 0 Å². The summed E-state index contributed by atoms with van der Waals surface area (Å²) in [7, 11) is 0. The maximum absolute atomic E-state index is 12.4. The van der Waals surface area contributed by atoms with Crippen LogP contribution in [0.5, 0.6) is 0 Å². The molecule has 0 spiro atoms. The summed E-state index contributed by atoms with van der Waals surface area (Å²) in [4.78, 5) is 23.4. The third-order valence-electron chi connectivity index (χ3n) is 6.61. The molecule has 0 amide bonds. The molecule has 0 fully saturated rings. The average molecular weight is 393 g/mol. The molecule has 158 valence electrons. The highest BCUT2D eigenvalue weighted by Gasteiger charge is 2.48. The van der Waals surface area contributed by atoms with Crippen molar-refractivity contribution in [3.63, 3.8) is 0 Å². The lowest BCUT2D eigenvalue weighted by atomic mass is 9.72. The fourth-order valence-electron chi connectivity index (χ4n) is 4.96. The Kier molecular flexibility index (Phi) is 9.65. The van der Waals surface area contributed by atoms with E-state index in [1.165, 1.54) is 0 Å². The van der Waals surface area contributed by atoms with Crippen molar-refractivity contribution in [3.05, 3.63) is 44.2 Å². The number of nitrogens with zero attached hydrogens (tertiary/aromatic N) is 2. The topological polar surface area (TPSA) is 86.3 Å². The molecule has 0 aromatic carbocycles. The monoisotopic (exact) mass is 392 g/mol. The molecule has 0 aliphatic heterocycles. The van der Waals surface area contributed by atoms with Crippen molar-refractivity contribution in [1.82, 2.24) is 0 Å². The molecule has 0 radical (unpaired) electrons. The summed E-state index contributed by atoms with van der Waals surface area (Å²) < 4.78 is 0. The first kappa shape index (κ1) is 22.6. The van der Waals surface area contributed by atoms with E-state index in [1.54, 1.807) is 6.08 Å². The summed E-state index contributed by atoms with van der Waals surface area (Å²) in [5.74, 6) is 0.0813. The molecular formula is C22H36N2O4. The highest BCUT2D eigenvalue weighted by Crippen LogP contribution is 2.40. The van der Waals surface area contributed by atoms with Gasteiger partial charge in [0.15, 0.2) is 0 Å². The van der Waals surface area contributed by atoms with Gasteiger partial charge in [0.05, 0.1) is 4.92 Å². The minimum Gasteiger partial charge on any atom is -0.264 e. The quantitative estimate of drug-likeness (QED) is 0.307. The van der Waals surface area contributed by atoms with Gasteiger partial charge in [0, 0.05) is 30.1 Å². The predicted molar refractivity (Wildman–Crippen MR) is 111 cm³/mol. The largest absolute Gasteiger partial charge is 0.264 e. The van der Waals surface area contributed by atoms with Crippen LogP contribution in [0.15, 0.2) is 23.9 Å². The molecular weight excluding hydrogens is 356 g/mol. The maximum atomic E-state index is 12.4. The van der Waals surface area contributed by atoms with E-state index < -0.39 is 5.54 Å². The van der Waals surface area contributed by atoms with Gasteiger partial charge in [-0.15, -0.1) is 0 Å². The molecule has 6 nitrogen and oxygen atoms in total.